The number of ether oxygens (including phenoxy) is 1. The number of para-hydroxylation sites is 1. The Morgan fingerprint density at radius 2 is 1.77 bits per heavy atom. The Hall–Kier alpha value is -3.34. The van der Waals surface area contributed by atoms with Crippen LogP contribution in [0.4, 0.5) is 11.5 Å². The van der Waals surface area contributed by atoms with Crippen molar-refractivity contribution in [1.82, 2.24) is 4.98 Å². The van der Waals surface area contributed by atoms with Gasteiger partial charge in [0, 0.05) is 6.54 Å². The molecule has 0 aliphatic heterocycles. The van der Waals surface area contributed by atoms with Gasteiger partial charge in [-0.1, -0.05) is 48.0 Å². The number of nitrogens with one attached hydrogen (secondary N) is 2. The van der Waals surface area contributed by atoms with E-state index in [0.29, 0.717) is 11.6 Å². The van der Waals surface area contributed by atoms with Gasteiger partial charge in [0.2, 0.25) is 0 Å². The standard InChI is InChI=1S/C21H21N3O2/c1-16-7-9-17(10-8-16)13-22-18-11-12-20(23-14-18)24-21(25)15-26-19-5-3-2-4-6-19/h2-12,14,22H,13,15H2,1H3,(H,23,24,25). The minimum absolute atomic E-state index is 0.0564. The number of pyridine rings is 1. The monoisotopic (exact) mass is 347 g/mol. The third-order valence-corrected chi connectivity index (χ3v) is 3.76. The Bertz CT molecular complexity index is 831. The summed E-state index contributed by atoms with van der Waals surface area (Å²) in [7, 11) is 0. The van der Waals surface area contributed by atoms with Crippen LogP contribution in [0.2, 0.25) is 0 Å². The van der Waals surface area contributed by atoms with Gasteiger partial charge >= 0.3 is 0 Å². The number of amides is 1. The van der Waals surface area contributed by atoms with Gasteiger partial charge in [-0.3, -0.25) is 4.79 Å². The van der Waals surface area contributed by atoms with Gasteiger partial charge in [0.15, 0.2) is 6.61 Å². The van der Waals surface area contributed by atoms with Crippen LogP contribution in [-0.2, 0) is 11.3 Å². The predicted molar refractivity (Wildman–Crippen MR) is 103 cm³/mol. The fourth-order valence-electron chi connectivity index (χ4n) is 2.33. The van der Waals surface area contributed by atoms with Crippen LogP contribution in [0.15, 0.2) is 72.9 Å². The van der Waals surface area contributed by atoms with E-state index in [1.54, 1.807) is 24.4 Å². The van der Waals surface area contributed by atoms with E-state index in [-0.39, 0.29) is 12.5 Å². The van der Waals surface area contributed by atoms with Crippen molar-refractivity contribution in [3.8, 4) is 5.75 Å². The molecule has 0 saturated heterocycles. The number of anilines is 2. The molecule has 0 fully saturated rings. The van der Waals surface area contributed by atoms with Crippen LogP contribution in [0.5, 0.6) is 5.75 Å². The summed E-state index contributed by atoms with van der Waals surface area (Å²) in [5.74, 6) is 0.903. The molecule has 0 saturated carbocycles. The number of carbonyl (C=O) groups excluding carboxylic acids is 1. The Balaban J connectivity index is 1.46. The van der Waals surface area contributed by atoms with E-state index in [1.807, 2.05) is 24.3 Å². The second-order valence-corrected chi connectivity index (χ2v) is 5.92. The maximum atomic E-state index is 11.9. The van der Waals surface area contributed by atoms with Crippen LogP contribution in [0, 0.1) is 6.92 Å². The minimum Gasteiger partial charge on any atom is -0.484 e. The number of aromatic nitrogens is 1. The van der Waals surface area contributed by atoms with Crippen molar-refractivity contribution in [2.45, 2.75) is 13.5 Å². The molecule has 0 aliphatic rings. The fraction of sp³-hybridized carbons (Fsp3) is 0.143. The third-order valence-electron chi connectivity index (χ3n) is 3.76. The van der Waals surface area contributed by atoms with Gasteiger partial charge in [-0.05, 0) is 36.8 Å². The first-order valence-electron chi connectivity index (χ1n) is 8.42. The lowest BCUT2D eigenvalue weighted by atomic mass is 10.1. The number of carbonyl (C=O) groups is 1. The molecule has 0 radical (unpaired) electrons. The summed E-state index contributed by atoms with van der Waals surface area (Å²) in [4.78, 5) is 16.2. The van der Waals surface area contributed by atoms with Crippen molar-refractivity contribution in [3.05, 3.63) is 84.1 Å². The van der Waals surface area contributed by atoms with Gasteiger partial charge in [0.25, 0.3) is 5.91 Å². The summed E-state index contributed by atoms with van der Waals surface area (Å²) < 4.78 is 5.41. The van der Waals surface area contributed by atoms with Gasteiger partial charge < -0.3 is 15.4 Å². The lowest BCUT2D eigenvalue weighted by Crippen LogP contribution is -2.20. The van der Waals surface area contributed by atoms with Crippen LogP contribution in [0.1, 0.15) is 11.1 Å². The Morgan fingerprint density at radius 1 is 1.00 bits per heavy atom. The van der Waals surface area contributed by atoms with Crippen LogP contribution in [0.3, 0.4) is 0 Å². The predicted octanol–water partition coefficient (Wildman–Crippen LogP) is 4.02. The van der Waals surface area contributed by atoms with Crippen LogP contribution in [-0.4, -0.2) is 17.5 Å². The molecular formula is C21H21N3O2. The van der Waals surface area contributed by atoms with E-state index < -0.39 is 0 Å². The molecular weight excluding hydrogens is 326 g/mol. The lowest BCUT2D eigenvalue weighted by Gasteiger charge is -2.09. The maximum absolute atomic E-state index is 11.9. The fourth-order valence-corrected chi connectivity index (χ4v) is 2.33. The van der Waals surface area contributed by atoms with E-state index in [0.717, 1.165) is 12.2 Å². The van der Waals surface area contributed by atoms with Crippen LogP contribution < -0.4 is 15.4 Å². The Labute approximate surface area is 153 Å². The minimum atomic E-state index is -0.248. The highest BCUT2D eigenvalue weighted by molar-refractivity contribution is 5.91. The molecule has 1 aromatic heterocycles. The molecule has 0 bridgehead atoms. The molecule has 5 heteroatoms. The smallest absolute Gasteiger partial charge is 0.263 e. The average Bonchev–Trinajstić information content (AvgIpc) is 2.68. The van der Waals surface area contributed by atoms with Gasteiger partial charge in [0.05, 0.1) is 11.9 Å². The van der Waals surface area contributed by atoms with Gasteiger partial charge in [-0.2, -0.15) is 0 Å². The zero-order valence-electron chi connectivity index (χ0n) is 14.6. The number of rotatable bonds is 7. The normalized spacial score (nSPS) is 10.2. The highest BCUT2D eigenvalue weighted by atomic mass is 16.5. The van der Waals surface area contributed by atoms with E-state index in [1.165, 1.54) is 11.1 Å². The van der Waals surface area contributed by atoms with Crippen LogP contribution >= 0.6 is 0 Å². The topological polar surface area (TPSA) is 63.2 Å². The molecule has 132 valence electrons. The van der Waals surface area contributed by atoms with Crippen molar-refractivity contribution in [3.63, 3.8) is 0 Å². The lowest BCUT2D eigenvalue weighted by molar-refractivity contribution is -0.118. The van der Waals surface area contributed by atoms with Crippen LogP contribution in [0.25, 0.3) is 0 Å². The van der Waals surface area contributed by atoms with Gasteiger partial charge in [-0.25, -0.2) is 4.98 Å². The van der Waals surface area contributed by atoms with Crippen molar-refractivity contribution in [1.29, 1.82) is 0 Å². The zero-order valence-corrected chi connectivity index (χ0v) is 14.6. The van der Waals surface area contributed by atoms with Gasteiger partial charge in [-0.15, -0.1) is 0 Å². The largest absolute Gasteiger partial charge is 0.484 e. The molecule has 1 heterocycles. The first kappa shape index (κ1) is 17.5. The number of hydrogen-bond donors (Lipinski definition) is 2. The average molecular weight is 347 g/mol. The van der Waals surface area contributed by atoms with Crippen molar-refractivity contribution in [2.75, 3.05) is 17.2 Å². The molecule has 0 spiro atoms. The molecule has 0 aliphatic carbocycles. The molecule has 3 rings (SSSR count). The van der Waals surface area contributed by atoms with E-state index in [2.05, 4.69) is 46.8 Å². The summed E-state index contributed by atoms with van der Waals surface area (Å²) >= 11 is 0. The highest BCUT2D eigenvalue weighted by Gasteiger charge is 2.04. The molecule has 5 nitrogen and oxygen atoms in total. The van der Waals surface area contributed by atoms with Gasteiger partial charge in [0.1, 0.15) is 11.6 Å². The molecule has 2 aromatic carbocycles. The first-order valence-corrected chi connectivity index (χ1v) is 8.42. The van der Waals surface area contributed by atoms with Crippen molar-refractivity contribution >= 4 is 17.4 Å². The molecule has 2 N–H and O–H groups in total. The van der Waals surface area contributed by atoms with E-state index in [4.69, 9.17) is 4.74 Å². The molecule has 3 aromatic rings. The first-order chi connectivity index (χ1) is 12.7. The molecule has 1 amide bonds. The third kappa shape index (κ3) is 5.34. The summed E-state index contributed by atoms with van der Waals surface area (Å²) in [5, 5.41) is 6.02. The number of benzene rings is 2. The van der Waals surface area contributed by atoms with Crippen molar-refractivity contribution < 1.29 is 9.53 Å². The summed E-state index contributed by atoms with van der Waals surface area (Å²) in [6.07, 6.45) is 1.70. The van der Waals surface area contributed by atoms with E-state index >= 15 is 0 Å². The summed E-state index contributed by atoms with van der Waals surface area (Å²) in [5.41, 5.74) is 3.34. The van der Waals surface area contributed by atoms with Crippen molar-refractivity contribution in [2.24, 2.45) is 0 Å². The number of nitrogens with zero attached hydrogens (tertiary/aromatic N) is 1. The SMILES string of the molecule is Cc1ccc(CNc2ccc(NC(=O)COc3ccccc3)nc2)cc1. The summed E-state index contributed by atoms with van der Waals surface area (Å²) in [6.45, 7) is 2.73. The zero-order chi connectivity index (χ0) is 18.2. The Kier molecular flexibility index (Phi) is 5.83. The van der Waals surface area contributed by atoms with E-state index in [9.17, 15) is 4.79 Å². The number of aryl methyl sites for hydroxylation is 1. The molecule has 0 atom stereocenters. The molecule has 26 heavy (non-hydrogen) atoms. The number of hydrogen-bond acceptors (Lipinski definition) is 4. The second-order valence-electron chi connectivity index (χ2n) is 5.92. The molecule has 0 unspecified atom stereocenters. The highest BCUT2D eigenvalue weighted by Crippen LogP contribution is 2.12. The maximum Gasteiger partial charge on any atom is 0.263 e. The quantitative estimate of drug-likeness (QED) is 0.678. The second kappa shape index (κ2) is 8.67. The summed E-state index contributed by atoms with van der Waals surface area (Å²) in [6, 6.07) is 21.2. The Morgan fingerprint density at radius 3 is 2.46 bits per heavy atom.